The average molecular weight is 212 g/mol. The molecule has 3 heteroatoms. The molecule has 2 N–H and O–H groups in total. The largest absolute Gasteiger partial charge is 0.350 e. The SMILES string of the molecule is CCC1(NC(=O)CNC(C)(C)C)CCC1. The van der Waals surface area contributed by atoms with Crippen molar-refractivity contribution in [1.29, 1.82) is 0 Å². The van der Waals surface area contributed by atoms with Crippen LogP contribution in [0.15, 0.2) is 0 Å². The smallest absolute Gasteiger partial charge is 0.234 e. The van der Waals surface area contributed by atoms with Crippen molar-refractivity contribution in [3.63, 3.8) is 0 Å². The molecule has 88 valence electrons. The van der Waals surface area contributed by atoms with Crippen LogP contribution in [0.5, 0.6) is 0 Å². The third-order valence-corrected chi connectivity index (χ3v) is 3.17. The van der Waals surface area contributed by atoms with Gasteiger partial charge in [-0.25, -0.2) is 0 Å². The highest BCUT2D eigenvalue weighted by Gasteiger charge is 2.36. The molecule has 0 heterocycles. The first-order chi connectivity index (χ1) is 6.87. The summed E-state index contributed by atoms with van der Waals surface area (Å²) in [7, 11) is 0. The fourth-order valence-electron chi connectivity index (χ4n) is 1.86. The maximum atomic E-state index is 11.7. The molecule has 0 unspecified atom stereocenters. The van der Waals surface area contributed by atoms with Gasteiger partial charge in [0.1, 0.15) is 0 Å². The Morgan fingerprint density at radius 2 is 1.93 bits per heavy atom. The van der Waals surface area contributed by atoms with Crippen LogP contribution in [0.2, 0.25) is 0 Å². The highest BCUT2D eigenvalue weighted by atomic mass is 16.2. The zero-order valence-electron chi connectivity index (χ0n) is 10.4. The van der Waals surface area contributed by atoms with Crippen LogP contribution < -0.4 is 10.6 Å². The van der Waals surface area contributed by atoms with Gasteiger partial charge in [-0.05, 0) is 46.5 Å². The summed E-state index contributed by atoms with van der Waals surface area (Å²) in [5.41, 5.74) is 0.132. The first-order valence-corrected chi connectivity index (χ1v) is 5.93. The molecule has 0 bridgehead atoms. The van der Waals surface area contributed by atoms with Crippen molar-refractivity contribution in [3.05, 3.63) is 0 Å². The summed E-state index contributed by atoms with van der Waals surface area (Å²) in [6, 6.07) is 0. The van der Waals surface area contributed by atoms with Crippen molar-refractivity contribution in [2.45, 2.75) is 64.5 Å². The Hall–Kier alpha value is -0.570. The topological polar surface area (TPSA) is 41.1 Å². The van der Waals surface area contributed by atoms with E-state index in [1.165, 1.54) is 6.42 Å². The van der Waals surface area contributed by atoms with Gasteiger partial charge < -0.3 is 10.6 Å². The molecule has 0 aromatic carbocycles. The second kappa shape index (κ2) is 4.52. The van der Waals surface area contributed by atoms with Gasteiger partial charge in [-0.3, -0.25) is 4.79 Å². The lowest BCUT2D eigenvalue weighted by Crippen LogP contribution is -2.56. The third-order valence-electron chi connectivity index (χ3n) is 3.17. The van der Waals surface area contributed by atoms with Crippen molar-refractivity contribution in [3.8, 4) is 0 Å². The Kier molecular flexibility index (Phi) is 3.77. The molecule has 1 aliphatic rings. The first-order valence-electron chi connectivity index (χ1n) is 5.93. The van der Waals surface area contributed by atoms with Gasteiger partial charge in [-0.15, -0.1) is 0 Å². The summed E-state index contributed by atoms with van der Waals surface area (Å²) in [6.07, 6.45) is 4.59. The number of carbonyl (C=O) groups excluding carboxylic acids is 1. The highest BCUT2D eigenvalue weighted by Crippen LogP contribution is 2.34. The Balaban J connectivity index is 2.29. The van der Waals surface area contributed by atoms with Gasteiger partial charge in [0.2, 0.25) is 5.91 Å². The zero-order valence-corrected chi connectivity index (χ0v) is 10.4. The Bertz CT molecular complexity index is 221. The fourth-order valence-corrected chi connectivity index (χ4v) is 1.86. The number of rotatable bonds is 4. The predicted octanol–water partition coefficient (Wildman–Crippen LogP) is 1.82. The van der Waals surface area contributed by atoms with Gasteiger partial charge in [0, 0.05) is 11.1 Å². The molecule has 1 aliphatic carbocycles. The number of hydrogen-bond donors (Lipinski definition) is 2. The number of carbonyl (C=O) groups is 1. The molecule has 3 nitrogen and oxygen atoms in total. The van der Waals surface area contributed by atoms with Crippen molar-refractivity contribution in [1.82, 2.24) is 10.6 Å². The van der Waals surface area contributed by atoms with Gasteiger partial charge in [-0.1, -0.05) is 6.92 Å². The standard InChI is InChI=1S/C12H24N2O/c1-5-12(7-6-8-12)14-10(15)9-13-11(2,3)4/h13H,5-9H2,1-4H3,(H,14,15). The summed E-state index contributed by atoms with van der Waals surface area (Å²) < 4.78 is 0. The number of nitrogens with one attached hydrogen (secondary N) is 2. The monoisotopic (exact) mass is 212 g/mol. The van der Waals surface area contributed by atoms with Crippen LogP contribution in [0, 0.1) is 0 Å². The number of amides is 1. The van der Waals surface area contributed by atoms with Gasteiger partial charge in [0.15, 0.2) is 0 Å². The van der Waals surface area contributed by atoms with Gasteiger partial charge in [0.05, 0.1) is 6.54 Å². The van der Waals surface area contributed by atoms with Crippen LogP contribution in [0.25, 0.3) is 0 Å². The molecule has 1 saturated carbocycles. The third kappa shape index (κ3) is 3.82. The summed E-state index contributed by atoms with van der Waals surface area (Å²) in [4.78, 5) is 11.7. The van der Waals surface area contributed by atoms with Crippen LogP contribution in [-0.4, -0.2) is 23.5 Å². The predicted molar refractivity (Wildman–Crippen MR) is 62.8 cm³/mol. The van der Waals surface area contributed by atoms with E-state index in [-0.39, 0.29) is 17.0 Å². The first kappa shape index (κ1) is 12.5. The summed E-state index contributed by atoms with van der Waals surface area (Å²) in [6.45, 7) is 8.78. The Labute approximate surface area is 93.0 Å². The van der Waals surface area contributed by atoms with Crippen LogP contribution in [-0.2, 0) is 4.79 Å². The molecule has 0 spiro atoms. The molecule has 0 aliphatic heterocycles. The molecule has 15 heavy (non-hydrogen) atoms. The molecule has 0 atom stereocenters. The van der Waals surface area contributed by atoms with Crippen molar-refractivity contribution in [2.75, 3.05) is 6.54 Å². The van der Waals surface area contributed by atoms with E-state index in [2.05, 4.69) is 38.3 Å². The van der Waals surface area contributed by atoms with E-state index in [1.54, 1.807) is 0 Å². The van der Waals surface area contributed by atoms with E-state index >= 15 is 0 Å². The van der Waals surface area contributed by atoms with Crippen LogP contribution >= 0.6 is 0 Å². The Morgan fingerprint density at radius 1 is 1.33 bits per heavy atom. The minimum atomic E-state index is 0.0102. The van der Waals surface area contributed by atoms with Crippen LogP contribution in [0.1, 0.15) is 53.4 Å². The maximum absolute atomic E-state index is 11.7. The van der Waals surface area contributed by atoms with E-state index in [1.807, 2.05) is 0 Å². The lowest BCUT2D eigenvalue weighted by molar-refractivity contribution is -0.123. The van der Waals surface area contributed by atoms with Gasteiger partial charge in [0.25, 0.3) is 0 Å². The molecule has 0 saturated heterocycles. The minimum absolute atomic E-state index is 0.0102. The van der Waals surface area contributed by atoms with Crippen LogP contribution in [0.3, 0.4) is 0 Å². The highest BCUT2D eigenvalue weighted by molar-refractivity contribution is 5.79. The second-order valence-electron chi connectivity index (χ2n) is 5.64. The second-order valence-corrected chi connectivity index (χ2v) is 5.64. The van der Waals surface area contributed by atoms with E-state index in [4.69, 9.17) is 0 Å². The molecule has 1 rings (SSSR count). The van der Waals surface area contributed by atoms with E-state index in [0.29, 0.717) is 6.54 Å². The normalized spacial score (nSPS) is 19.5. The Morgan fingerprint density at radius 3 is 2.27 bits per heavy atom. The average Bonchev–Trinajstić information content (AvgIpc) is 2.07. The molecule has 1 amide bonds. The van der Waals surface area contributed by atoms with E-state index in [9.17, 15) is 4.79 Å². The van der Waals surface area contributed by atoms with Crippen LogP contribution in [0.4, 0.5) is 0 Å². The minimum Gasteiger partial charge on any atom is -0.350 e. The molecule has 0 radical (unpaired) electrons. The molecule has 1 fully saturated rings. The lowest BCUT2D eigenvalue weighted by atomic mass is 9.75. The van der Waals surface area contributed by atoms with Gasteiger partial charge in [-0.2, -0.15) is 0 Å². The number of hydrogen-bond acceptors (Lipinski definition) is 2. The molecule has 0 aromatic heterocycles. The van der Waals surface area contributed by atoms with Crippen molar-refractivity contribution in [2.24, 2.45) is 0 Å². The van der Waals surface area contributed by atoms with Crippen molar-refractivity contribution < 1.29 is 4.79 Å². The van der Waals surface area contributed by atoms with E-state index < -0.39 is 0 Å². The maximum Gasteiger partial charge on any atom is 0.234 e. The fraction of sp³-hybridized carbons (Fsp3) is 0.917. The molecular formula is C12H24N2O. The molecular weight excluding hydrogens is 188 g/mol. The summed E-state index contributed by atoms with van der Waals surface area (Å²) >= 11 is 0. The summed E-state index contributed by atoms with van der Waals surface area (Å²) in [5.74, 6) is 0.131. The summed E-state index contributed by atoms with van der Waals surface area (Å²) in [5, 5.41) is 6.36. The van der Waals surface area contributed by atoms with Gasteiger partial charge >= 0.3 is 0 Å². The van der Waals surface area contributed by atoms with Crippen molar-refractivity contribution >= 4 is 5.91 Å². The van der Waals surface area contributed by atoms with E-state index in [0.717, 1.165) is 19.3 Å². The lowest BCUT2D eigenvalue weighted by Gasteiger charge is -2.42. The quantitative estimate of drug-likeness (QED) is 0.746. The zero-order chi connectivity index (χ0) is 11.5. The molecule has 0 aromatic rings.